The van der Waals surface area contributed by atoms with E-state index >= 15 is 0 Å². The van der Waals surface area contributed by atoms with Gasteiger partial charge in [0.15, 0.2) is 0 Å². The molecule has 3 aromatic carbocycles. The van der Waals surface area contributed by atoms with Gasteiger partial charge in [0.25, 0.3) is 0 Å². The maximum Gasteiger partial charge on any atom is 0.225 e. The fourth-order valence-corrected chi connectivity index (χ4v) is 3.86. The smallest absolute Gasteiger partial charge is 0.225 e. The van der Waals surface area contributed by atoms with Gasteiger partial charge in [0, 0.05) is 6.42 Å². The Balaban J connectivity index is 1.96. The molecule has 0 fully saturated rings. The molecule has 0 saturated carbocycles. The largest absolute Gasteiger partial charge is 0.338 e. The number of nitrogens with one attached hydrogen (secondary N) is 1. The summed E-state index contributed by atoms with van der Waals surface area (Å²) in [5, 5.41) is 3.39. The minimum atomic E-state index is -0.739. The summed E-state index contributed by atoms with van der Waals surface area (Å²) in [7, 11) is 0. The van der Waals surface area contributed by atoms with Crippen molar-refractivity contribution in [3.05, 3.63) is 120 Å². The van der Waals surface area contributed by atoms with Gasteiger partial charge in [-0.1, -0.05) is 123 Å². The van der Waals surface area contributed by atoms with Gasteiger partial charge in [-0.05, 0) is 29.5 Å². The van der Waals surface area contributed by atoms with Crippen molar-refractivity contribution in [1.29, 1.82) is 0 Å². The van der Waals surface area contributed by atoms with Gasteiger partial charge in [-0.3, -0.25) is 4.79 Å². The predicted molar refractivity (Wildman–Crippen MR) is 125 cm³/mol. The fourth-order valence-electron chi connectivity index (χ4n) is 3.86. The van der Waals surface area contributed by atoms with E-state index in [1.807, 2.05) is 60.7 Å². The quantitative estimate of drug-likeness (QED) is 0.232. The number of amides is 1. The normalized spacial score (nSPS) is 11.5. The summed E-state index contributed by atoms with van der Waals surface area (Å²) in [4.78, 5) is 13.1. The molecule has 0 radical (unpaired) electrons. The first-order valence-corrected chi connectivity index (χ1v) is 10.9. The second kappa shape index (κ2) is 11.2. The van der Waals surface area contributed by atoms with Crippen LogP contribution in [0.5, 0.6) is 0 Å². The number of carbonyl (C=O) groups is 1. The summed E-state index contributed by atoms with van der Waals surface area (Å²) in [5.74, 6) is 0.0123. The van der Waals surface area contributed by atoms with E-state index in [0.717, 1.165) is 23.1 Å². The van der Waals surface area contributed by atoms with Gasteiger partial charge in [-0.25, -0.2) is 0 Å². The average Bonchev–Trinajstić information content (AvgIpc) is 2.81. The van der Waals surface area contributed by atoms with Gasteiger partial charge in [0.05, 0.1) is 0 Å². The van der Waals surface area contributed by atoms with Crippen LogP contribution in [0.3, 0.4) is 0 Å². The number of unbranched alkanes of at least 4 members (excludes halogenated alkanes) is 3. The summed E-state index contributed by atoms with van der Waals surface area (Å²) < 4.78 is 0. The molecular weight excluding hydrogens is 366 g/mol. The first-order valence-electron chi connectivity index (χ1n) is 10.9. The monoisotopic (exact) mass is 397 g/mol. The highest BCUT2D eigenvalue weighted by Crippen LogP contribution is 2.36. The summed E-state index contributed by atoms with van der Waals surface area (Å²) in [6.07, 6.45) is 9.15. The Labute approximate surface area is 180 Å². The third-order valence-electron chi connectivity index (χ3n) is 5.39. The Hall–Kier alpha value is -3.13. The van der Waals surface area contributed by atoms with Crippen LogP contribution in [0, 0.1) is 0 Å². The SMILES string of the molecule is CCCCC/C=C/CC(=O)NC(c1ccccc1)(c1ccccc1)c1ccccc1. The average molecular weight is 398 g/mol. The lowest BCUT2D eigenvalue weighted by atomic mass is 9.77. The molecule has 0 aromatic heterocycles. The van der Waals surface area contributed by atoms with Crippen molar-refractivity contribution in [2.45, 2.75) is 44.6 Å². The van der Waals surface area contributed by atoms with Crippen LogP contribution >= 0.6 is 0 Å². The molecule has 2 heteroatoms. The maximum atomic E-state index is 13.1. The molecule has 0 bridgehead atoms. The third kappa shape index (κ3) is 5.27. The standard InChI is InChI=1S/C28H31NO/c1-2-3-4-5-6-16-23-27(30)29-28(24-17-10-7-11-18-24,25-19-12-8-13-20-25)26-21-14-9-15-22-26/h6-22H,2-5,23H2,1H3,(H,29,30)/b16-6+. The van der Waals surface area contributed by atoms with Crippen LogP contribution in [0.1, 0.15) is 55.7 Å². The van der Waals surface area contributed by atoms with Crippen LogP contribution in [-0.4, -0.2) is 5.91 Å². The summed E-state index contributed by atoms with van der Waals surface area (Å²) >= 11 is 0. The number of hydrogen-bond acceptors (Lipinski definition) is 1. The van der Waals surface area contributed by atoms with E-state index < -0.39 is 5.54 Å². The number of allylic oxidation sites excluding steroid dienone is 1. The third-order valence-corrected chi connectivity index (χ3v) is 5.39. The molecule has 0 unspecified atom stereocenters. The lowest BCUT2D eigenvalue weighted by Gasteiger charge is -2.36. The Kier molecular flexibility index (Phi) is 8.02. The van der Waals surface area contributed by atoms with E-state index in [1.165, 1.54) is 19.3 Å². The first-order chi connectivity index (χ1) is 14.8. The zero-order chi connectivity index (χ0) is 21.1. The Morgan fingerprint density at radius 1 is 0.733 bits per heavy atom. The molecule has 3 aromatic rings. The second-order valence-corrected chi connectivity index (χ2v) is 7.57. The van der Waals surface area contributed by atoms with E-state index in [1.54, 1.807) is 0 Å². The molecule has 0 aliphatic heterocycles. The lowest BCUT2D eigenvalue weighted by Crippen LogP contribution is -2.47. The Bertz CT molecular complexity index is 820. The minimum Gasteiger partial charge on any atom is -0.338 e. The molecule has 0 aliphatic rings. The van der Waals surface area contributed by atoms with Crippen LogP contribution in [0.15, 0.2) is 103 Å². The van der Waals surface area contributed by atoms with E-state index in [2.05, 4.69) is 54.7 Å². The Morgan fingerprint density at radius 3 is 1.63 bits per heavy atom. The molecule has 30 heavy (non-hydrogen) atoms. The molecule has 3 rings (SSSR count). The van der Waals surface area contributed by atoms with Crippen molar-refractivity contribution in [3.8, 4) is 0 Å². The molecule has 154 valence electrons. The van der Waals surface area contributed by atoms with Crippen LogP contribution in [0.2, 0.25) is 0 Å². The molecule has 0 aliphatic carbocycles. The van der Waals surface area contributed by atoms with Crippen molar-refractivity contribution in [1.82, 2.24) is 5.32 Å². The Morgan fingerprint density at radius 2 is 1.20 bits per heavy atom. The van der Waals surface area contributed by atoms with Gasteiger partial charge in [-0.2, -0.15) is 0 Å². The van der Waals surface area contributed by atoms with E-state index in [9.17, 15) is 4.79 Å². The molecule has 0 spiro atoms. The van der Waals surface area contributed by atoms with Crippen LogP contribution in [0.4, 0.5) is 0 Å². The topological polar surface area (TPSA) is 29.1 Å². The molecular formula is C28H31NO. The highest BCUT2D eigenvalue weighted by molar-refractivity contribution is 5.80. The van der Waals surface area contributed by atoms with Crippen LogP contribution in [-0.2, 0) is 10.3 Å². The number of carbonyl (C=O) groups excluding carboxylic acids is 1. The summed E-state index contributed by atoms with van der Waals surface area (Å²) in [6.45, 7) is 2.20. The van der Waals surface area contributed by atoms with Gasteiger partial charge < -0.3 is 5.32 Å². The second-order valence-electron chi connectivity index (χ2n) is 7.57. The zero-order valence-electron chi connectivity index (χ0n) is 17.8. The lowest BCUT2D eigenvalue weighted by molar-refractivity contribution is -0.121. The number of hydrogen-bond donors (Lipinski definition) is 1. The highest BCUT2D eigenvalue weighted by Gasteiger charge is 2.37. The van der Waals surface area contributed by atoms with Crippen molar-refractivity contribution >= 4 is 5.91 Å². The van der Waals surface area contributed by atoms with Crippen molar-refractivity contribution in [2.75, 3.05) is 0 Å². The number of rotatable bonds is 10. The molecule has 1 amide bonds. The summed E-state index contributed by atoms with van der Waals surface area (Å²) in [6, 6.07) is 30.7. The maximum absolute atomic E-state index is 13.1. The van der Waals surface area contributed by atoms with E-state index in [0.29, 0.717) is 6.42 Å². The van der Waals surface area contributed by atoms with Crippen molar-refractivity contribution in [3.63, 3.8) is 0 Å². The minimum absolute atomic E-state index is 0.0123. The van der Waals surface area contributed by atoms with Gasteiger partial charge in [0.2, 0.25) is 5.91 Å². The van der Waals surface area contributed by atoms with Crippen molar-refractivity contribution in [2.24, 2.45) is 0 Å². The van der Waals surface area contributed by atoms with E-state index in [-0.39, 0.29) is 5.91 Å². The molecule has 2 nitrogen and oxygen atoms in total. The van der Waals surface area contributed by atoms with Crippen LogP contribution < -0.4 is 5.32 Å². The number of benzene rings is 3. The van der Waals surface area contributed by atoms with Crippen LogP contribution in [0.25, 0.3) is 0 Å². The van der Waals surface area contributed by atoms with Gasteiger partial charge >= 0.3 is 0 Å². The molecule has 0 heterocycles. The summed E-state index contributed by atoms with van der Waals surface area (Å²) in [5.41, 5.74) is 2.39. The molecule has 1 N–H and O–H groups in total. The highest BCUT2D eigenvalue weighted by atomic mass is 16.1. The van der Waals surface area contributed by atoms with E-state index in [4.69, 9.17) is 0 Å². The zero-order valence-corrected chi connectivity index (χ0v) is 17.8. The fraction of sp³-hybridized carbons (Fsp3) is 0.250. The van der Waals surface area contributed by atoms with Crippen molar-refractivity contribution < 1.29 is 4.79 Å². The molecule has 0 atom stereocenters. The van der Waals surface area contributed by atoms with Gasteiger partial charge in [-0.15, -0.1) is 0 Å². The first kappa shape index (κ1) is 21.6. The molecule has 0 saturated heterocycles. The predicted octanol–water partition coefficient (Wildman–Crippen LogP) is 6.62. The van der Waals surface area contributed by atoms with Gasteiger partial charge in [0.1, 0.15) is 5.54 Å².